The number of rotatable bonds is 3. The molecule has 0 unspecified atom stereocenters. The molecule has 0 aliphatic rings. The van der Waals surface area contributed by atoms with Crippen LogP contribution < -0.4 is 5.36 Å². The second kappa shape index (κ2) is 6.87. The molecule has 0 aliphatic carbocycles. The van der Waals surface area contributed by atoms with E-state index < -0.39 is 0 Å². The summed E-state index contributed by atoms with van der Waals surface area (Å²) in [7, 11) is 0. The maximum absolute atomic E-state index is 5.53. The van der Waals surface area contributed by atoms with Crippen LogP contribution in [0, 0.1) is 13.8 Å². The number of nitrogens with zero attached hydrogens (tertiary/aromatic N) is 3. The highest BCUT2D eigenvalue weighted by atomic mass is 79.9. The van der Waals surface area contributed by atoms with Crippen LogP contribution in [-0.4, -0.2) is 9.97 Å². The number of aryl methyl sites for hydroxylation is 2. The molecule has 0 saturated heterocycles. The van der Waals surface area contributed by atoms with Crippen LogP contribution in [0.4, 0.5) is 0 Å². The molecule has 3 aromatic rings. The molecule has 3 rings (SSSR count). The van der Waals surface area contributed by atoms with Crippen LogP contribution in [0.2, 0.25) is 0 Å². The quantitative estimate of drug-likeness (QED) is 0.654. The molecule has 4 nitrogen and oxygen atoms in total. The van der Waals surface area contributed by atoms with Gasteiger partial charge in [-0.3, -0.25) is 0 Å². The highest BCUT2D eigenvalue weighted by molar-refractivity contribution is 9.10. The summed E-state index contributed by atoms with van der Waals surface area (Å²) < 4.78 is 1.00. The normalized spacial score (nSPS) is 10.6. The fraction of sp³-hybridized carbons (Fsp3) is 0.167. The number of para-hydroxylation sites is 2. The van der Waals surface area contributed by atoms with Gasteiger partial charge in [0.15, 0.2) is 0 Å². The molecule has 0 fully saturated rings. The van der Waals surface area contributed by atoms with Crippen LogP contribution in [0.3, 0.4) is 0 Å². The van der Waals surface area contributed by atoms with Crippen molar-refractivity contribution in [2.75, 3.05) is 0 Å². The van der Waals surface area contributed by atoms with Gasteiger partial charge in [0.05, 0.1) is 22.4 Å². The lowest BCUT2D eigenvalue weighted by molar-refractivity contribution is 0.119. The number of halogens is 1. The minimum atomic E-state index is 0.387. The first-order valence-corrected chi connectivity index (χ1v) is 8.08. The minimum Gasteiger partial charge on any atom is -0.390 e. The van der Waals surface area contributed by atoms with Crippen LogP contribution in [0.1, 0.15) is 17.0 Å². The summed E-state index contributed by atoms with van der Waals surface area (Å²) in [6.45, 7) is 4.22. The molecule has 116 valence electrons. The van der Waals surface area contributed by atoms with Crippen molar-refractivity contribution in [3.05, 3.63) is 75.3 Å². The third-order valence-corrected chi connectivity index (χ3v) is 4.25. The molecule has 23 heavy (non-hydrogen) atoms. The van der Waals surface area contributed by atoms with Gasteiger partial charge in [0.1, 0.15) is 12.0 Å². The molecule has 0 N–H and O–H groups in total. The molecule has 0 amide bonds. The predicted molar refractivity (Wildman–Crippen MR) is 93.5 cm³/mol. The Morgan fingerprint density at radius 2 is 1.48 bits per heavy atom. The van der Waals surface area contributed by atoms with Crippen molar-refractivity contribution in [1.29, 1.82) is 0 Å². The number of benzene rings is 2. The maximum Gasteiger partial charge on any atom is 0.145 e. The Labute approximate surface area is 143 Å². The molecule has 1 heterocycles. The Morgan fingerprint density at radius 1 is 0.913 bits per heavy atom. The number of hydrogen-bond acceptors (Lipinski definition) is 4. The zero-order chi connectivity index (χ0) is 16.2. The van der Waals surface area contributed by atoms with Gasteiger partial charge in [-0.1, -0.05) is 51.4 Å². The first-order chi connectivity index (χ1) is 11.1. The molecule has 1 aromatic heterocycles. The minimum absolute atomic E-state index is 0.387. The first-order valence-electron chi connectivity index (χ1n) is 7.29. The van der Waals surface area contributed by atoms with Crippen molar-refractivity contribution in [3.8, 4) is 0 Å². The summed E-state index contributed by atoms with van der Waals surface area (Å²) in [5, 5.41) is 4.93. The Hall–Kier alpha value is -2.27. The smallest absolute Gasteiger partial charge is 0.145 e. The zero-order valence-corrected chi connectivity index (χ0v) is 14.5. The Bertz CT molecular complexity index is 878. The Balaban J connectivity index is 1.97. The molecule has 0 aliphatic heterocycles. The molecule has 0 atom stereocenters. The third-order valence-electron chi connectivity index (χ3n) is 3.48. The molecular weight excluding hydrogens is 354 g/mol. The maximum atomic E-state index is 5.53. The van der Waals surface area contributed by atoms with Crippen molar-refractivity contribution in [2.24, 2.45) is 5.16 Å². The van der Waals surface area contributed by atoms with Crippen molar-refractivity contribution in [2.45, 2.75) is 20.5 Å². The van der Waals surface area contributed by atoms with Crippen LogP contribution in [0.15, 0.2) is 58.2 Å². The highest BCUT2D eigenvalue weighted by Gasteiger charge is 2.03. The van der Waals surface area contributed by atoms with E-state index >= 15 is 0 Å². The SMILES string of the molecule is Cc1nc2ccccc2nc(C)c1=NOCc1ccccc1Br. The molecule has 0 bridgehead atoms. The molecule has 2 aromatic carbocycles. The van der Waals surface area contributed by atoms with Crippen molar-refractivity contribution in [3.63, 3.8) is 0 Å². The monoisotopic (exact) mass is 369 g/mol. The number of fused-ring (bicyclic) bond motifs is 1. The molecular formula is C18H16BrN3O. The van der Waals surface area contributed by atoms with Crippen LogP contribution in [-0.2, 0) is 11.4 Å². The Morgan fingerprint density at radius 3 is 2.09 bits per heavy atom. The van der Waals surface area contributed by atoms with Gasteiger partial charge in [-0.2, -0.15) is 0 Å². The summed E-state index contributed by atoms with van der Waals surface area (Å²) in [6.07, 6.45) is 0. The van der Waals surface area contributed by atoms with Gasteiger partial charge >= 0.3 is 0 Å². The van der Waals surface area contributed by atoms with Gasteiger partial charge in [-0.25, -0.2) is 9.97 Å². The van der Waals surface area contributed by atoms with Crippen LogP contribution in [0.5, 0.6) is 0 Å². The van der Waals surface area contributed by atoms with E-state index in [2.05, 4.69) is 31.1 Å². The fourth-order valence-corrected chi connectivity index (χ4v) is 2.70. The van der Waals surface area contributed by atoms with Gasteiger partial charge in [0, 0.05) is 10.0 Å². The standard InChI is InChI=1S/C18H16BrN3O/c1-12-18(22-23-11-14-7-3-4-8-15(14)19)13(2)21-17-10-6-5-9-16(17)20-12/h3-10H,11H2,1-2H3. The first kappa shape index (κ1) is 15.6. The lowest BCUT2D eigenvalue weighted by atomic mass is 10.2. The summed E-state index contributed by atoms with van der Waals surface area (Å²) in [6, 6.07) is 15.7. The van der Waals surface area contributed by atoms with E-state index in [1.807, 2.05) is 62.4 Å². The van der Waals surface area contributed by atoms with Crippen LogP contribution >= 0.6 is 15.9 Å². The molecule has 5 heteroatoms. The summed E-state index contributed by atoms with van der Waals surface area (Å²) in [5.41, 5.74) is 4.32. The van der Waals surface area contributed by atoms with Gasteiger partial charge in [-0.15, -0.1) is 0 Å². The van der Waals surface area contributed by atoms with E-state index in [0.717, 1.165) is 32.5 Å². The van der Waals surface area contributed by atoms with E-state index in [-0.39, 0.29) is 0 Å². The van der Waals surface area contributed by atoms with Crippen molar-refractivity contribution >= 4 is 27.0 Å². The number of hydrogen-bond donors (Lipinski definition) is 0. The van der Waals surface area contributed by atoms with E-state index in [0.29, 0.717) is 12.0 Å². The van der Waals surface area contributed by atoms with Gasteiger partial charge in [0.2, 0.25) is 0 Å². The average Bonchev–Trinajstić information content (AvgIpc) is 2.66. The van der Waals surface area contributed by atoms with E-state index in [1.165, 1.54) is 0 Å². The lowest BCUT2D eigenvalue weighted by Crippen LogP contribution is -2.11. The van der Waals surface area contributed by atoms with Gasteiger partial charge < -0.3 is 4.84 Å². The molecule has 0 spiro atoms. The number of aromatic nitrogens is 2. The van der Waals surface area contributed by atoms with E-state index in [9.17, 15) is 0 Å². The van der Waals surface area contributed by atoms with Gasteiger partial charge in [-0.05, 0) is 32.0 Å². The third kappa shape index (κ3) is 3.56. The fourth-order valence-electron chi connectivity index (χ4n) is 2.30. The summed E-state index contributed by atoms with van der Waals surface area (Å²) in [4.78, 5) is 14.7. The summed E-state index contributed by atoms with van der Waals surface area (Å²) >= 11 is 3.50. The predicted octanol–water partition coefficient (Wildman–Crippen LogP) is 4.04. The zero-order valence-electron chi connectivity index (χ0n) is 13.0. The topological polar surface area (TPSA) is 47.4 Å². The highest BCUT2D eigenvalue weighted by Crippen LogP contribution is 2.16. The summed E-state index contributed by atoms with van der Waals surface area (Å²) in [5.74, 6) is 0. The van der Waals surface area contributed by atoms with Crippen molar-refractivity contribution < 1.29 is 4.84 Å². The molecule has 0 saturated carbocycles. The Kier molecular flexibility index (Phi) is 4.67. The van der Waals surface area contributed by atoms with Crippen molar-refractivity contribution in [1.82, 2.24) is 9.97 Å². The molecule has 0 radical (unpaired) electrons. The largest absolute Gasteiger partial charge is 0.390 e. The van der Waals surface area contributed by atoms with E-state index in [1.54, 1.807) is 0 Å². The second-order valence-corrected chi connectivity index (χ2v) is 6.04. The lowest BCUT2D eigenvalue weighted by Gasteiger charge is -2.02. The van der Waals surface area contributed by atoms with Crippen LogP contribution in [0.25, 0.3) is 11.0 Å². The second-order valence-electron chi connectivity index (χ2n) is 5.19. The van der Waals surface area contributed by atoms with Gasteiger partial charge in [0.25, 0.3) is 0 Å². The average molecular weight is 370 g/mol. The van der Waals surface area contributed by atoms with E-state index in [4.69, 9.17) is 4.84 Å².